The third-order valence-corrected chi connectivity index (χ3v) is 3.51. The third-order valence-electron chi connectivity index (χ3n) is 2.77. The van der Waals surface area contributed by atoms with Gasteiger partial charge in [0.1, 0.15) is 6.61 Å². The summed E-state index contributed by atoms with van der Waals surface area (Å²) in [5.74, 6) is 0.307. The van der Waals surface area contributed by atoms with Gasteiger partial charge in [-0.05, 0) is 40.6 Å². The summed E-state index contributed by atoms with van der Waals surface area (Å²) in [5, 5.41) is 18.2. The molecule has 0 saturated carbocycles. The van der Waals surface area contributed by atoms with E-state index in [0.29, 0.717) is 18.9 Å². The van der Waals surface area contributed by atoms with Crippen molar-refractivity contribution in [3.05, 3.63) is 56.3 Å². The van der Waals surface area contributed by atoms with Crippen LogP contribution in [-0.2, 0) is 13.2 Å². The lowest BCUT2D eigenvalue weighted by Gasteiger charge is -2.08. The Morgan fingerprint density at radius 1 is 1.35 bits per heavy atom. The van der Waals surface area contributed by atoms with E-state index in [4.69, 9.17) is 4.74 Å². The van der Waals surface area contributed by atoms with E-state index < -0.39 is 4.92 Å². The summed E-state index contributed by atoms with van der Waals surface area (Å²) in [4.78, 5) is 10.7. The summed E-state index contributed by atoms with van der Waals surface area (Å²) in [6.45, 7) is 3.77. The molecule has 0 fully saturated rings. The van der Waals surface area contributed by atoms with E-state index in [2.05, 4.69) is 5.32 Å². The Morgan fingerprint density at radius 2 is 2.20 bits per heavy atom. The molecule has 0 saturated heterocycles. The lowest BCUT2D eigenvalue weighted by Crippen LogP contribution is -2.12. The molecule has 0 amide bonds. The fourth-order valence-electron chi connectivity index (χ4n) is 1.74. The average molecular weight is 292 g/mol. The van der Waals surface area contributed by atoms with E-state index in [1.807, 2.05) is 29.8 Å². The molecule has 1 aromatic heterocycles. The Balaban J connectivity index is 2.12. The number of nitro groups is 1. The second kappa shape index (κ2) is 7.02. The smallest absolute Gasteiger partial charge is 0.311 e. The normalized spacial score (nSPS) is 10.4. The molecule has 2 aromatic rings. The van der Waals surface area contributed by atoms with Crippen molar-refractivity contribution in [3.63, 3.8) is 0 Å². The van der Waals surface area contributed by atoms with Crippen LogP contribution in [0, 0.1) is 10.1 Å². The minimum atomic E-state index is -0.404. The molecule has 6 heteroatoms. The first-order valence-electron chi connectivity index (χ1n) is 6.32. The lowest BCUT2D eigenvalue weighted by atomic mass is 10.2. The summed E-state index contributed by atoms with van der Waals surface area (Å²) in [6, 6.07) is 7.01. The van der Waals surface area contributed by atoms with Gasteiger partial charge in [-0.3, -0.25) is 10.1 Å². The van der Waals surface area contributed by atoms with Crippen LogP contribution in [0.5, 0.6) is 5.75 Å². The molecule has 1 aromatic carbocycles. The molecule has 0 unspecified atom stereocenters. The molecule has 1 N–H and O–H groups in total. The maximum Gasteiger partial charge on any atom is 0.311 e. The van der Waals surface area contributed by atoms with Gasteiger partial charge in [0.15, 0.2) is 5.75 Å². The number of thiophene rings is 1. The Labute approximate surface area is 121 Å². The van der Waals surface area contributed by atoms with Gasteiger partial charge in [0.25, 0.3) is 0 Å². The number of nitrogens with zero attached hydrogens (tertiary/aromatic N) is 1. The van der Waals surface area contributed by atoms with Crippen LogP contribution in [0.2, 0.25) is 0 Å². The SMILES string of the molecule is CCNCc1ccc(OCc2ccsc2)c([N+](=O)[O-])c1. The predicted octanol–water partition coefficient (Wildman–Crippen LogP) is 3.34. The Kier molecular flexibility index (Phi) is 5.09. The number of benzene rings is 1. The zero-order chi connectivity index (χ0) is 14.4. The van der Waals surface area contributed by atoms with Gasteiger partial charge in [0, 0.05) is 12.6 Å². The van der Waals surface area contributed by atoms with Crippen LogP contribution < -0.4 is 10.1 Å². The van der Waals surface area contributed by atoms with Crippen LogP contribution in [0.15, 0.2) is 35.0 Å². The van der Waals surface area contributed by atoms with E-state index in [-0.39, 0.29) is 5.69 Å². The van der Waals surface area contributed by atoms with Crippen molar-refractivity contribution < 1.29 is 9.66 Å². The van der Waals surface area contributed by atoms with Gasteiger partial charge in [-0.25, -0.2) is 0 Å². The highest BCUT2D eigenvalue weighted by molar-refractivity contribution is 7.07. The zero-order valence-electron chi connectivity index (χ0n) is 11.2. The molecule has 0 aliphatic heterocycles. The van der Waals surface area contributed by atoms with Crippen LogP contribution in [0.25, 0.3) is 0 Å². The Bertz CT molecular complexity index is 570. The topological polar surface area (TPSA) is 64.4 Å². The molecule has 0 spiro atoms. The van der Waals surface area contributed by atoms with Crippen LogP contribution in [-0.4, -0.2) is 11.5 Å². The molecule has 106 valence electrons. The fraction of sp³-hybridized carbons (Fsp3) is 0.286. The van der Waals surface area contributed by atoms with Crippen molar-refractivity contribution in [3.8, 4) is 5.75 Å². The monoisotopic (exact) mass is 292 g/mol. The van der Waals surface area contributed by atoms with Crippen molar-refractivity contribution in [2.75, 3.05) is 6.54 Å². The molecule has 0 atom stereocenters. The summed E-state index contributed by atoms with van der Waals surface area (Å²) < 4.78 is 5.55. The number of ether oxygens (including phenoxy) is 1. The molecule has 0 aliphatic carbocycles. The maximum atomic E-state index is 11.1. The quantitative estimate of drug-likeness (QED) is 0.628. The van der Waals surface area contributed by atoms with Gasteiger partial charge in [-0.1, -0.05) is 13.0 Å². The molecule has 20 heavy (non-hydrogen) atoms. The van der Waals surface area contributed by atoms with Crippen molar-refractivity contribution in [1.29, 1.82) is 0 Å². The van der Waals surface area contributed by atoms with Crippen LogP contribution >= 0.6 is 11.3 Å². The van der Waals surface area contributed by atoms with Crippen molar-refractivity contribution in [2.45, 2.75) is 20.1 Å². The summed E-state index contributed by atoms with van der Waals surface area (Å²) in [6.07, 6.45) is 0. The van der Waals surface area contributed by atoms with Crippen molar-refractivity contribution in [1.82, 2.24) is 5.32 Å². The lowest BCUT2D eigenvalue weighted by molar-refractivity contribution is -0.386. The molecule has 0 aliphatic rings. The Morgan fingerprint density at radius 3 is 2.85 bits per heavy atom. The van der Waals surface area contributed by atoms with E-state index in [0.717, 1.165) is 17.7 Å². The van der Waals surface area contributed by atoms with Crippen molar-refractivity contribution >= 4 is 17.0 Å². The van der Waals surface area contributed by atoms with Crippen LogP contribution in [0.1, 0.15) is 18.1 Å². The molecular weight excluding hydrogens is 276 g/mol. The number of hydrogen-bond donors (Lipinski definition) is 1. The third kappa shape index (κ3) is 3.79. The first-order chi connectivity index (χ1) is 9.70. The minimum Gasteiger partial charge on any atom is -0.482 e. The highest BCUT2D eigenvalue weighted by atomic mass is 32.1. The second-order valence-electron chi connectivity index (χ2n) is 4.26. The summed E-state index contributed by atoms with van der Waals surface area (Å²) in [5.41, 5.74) is 1.90. The average Bonchev–Trinajstić information content (AvgIpc) is 2.96. The molecule has 2 rings (SSSR count). The van der Waals surface area contributed by atoms with Crippen LogP contribution in [0.4, 0.5) is 5.69 Å². The first-order valence-corrected chi connectivity index (χ1v) is 7.27. The van der Waals surface area contributed by atoms with Gasteiger partial charge >= 0.3 is 5.69 Å². The first kappa shape index (κ1) is 14.5. The summed E-state index contributed by atoms with van der Waals surface area (Å²) in [7, 11) is 0. The van der Waals surface area contributed by atoms with Gasteiger partial charge in [-0.15, -0.1) is 0 Å². The van der Waals surface area contributed by atoms with Gasteiger partial charge in [-0.2, -0.15) is 11.3 Å². The number of rotatable bonds is 7. The maximum absolute atomic E-state index is 11.1. The van der Waals surface area contributed by atoms with Gasteiger partial charge in [0.05, 0.1) is 4.92 Å². The number of nitrogens with one attached hydrogen (secondary N) is 1. The van der Waals surface area contributed by atoms with Crippen molar-refractivity contribution in [2.24, 2.45) is 0 Å². The zero-order valence-corrected chi connectivity index (χ0v) is 12.0. The molecule has 0 radical (unpaired) electrons. The highest BCUT2D eigenvalue weighted by Crippen LogP contribution is 2.28. The van der Waals surface area contributed by atoms with Gasteiger partial charge in [0.2, 0.25) is 0 Å². The van der Waals surface area contributed by atoms with E-state index in [9.17, 15) is 10.1 Å². The predicted molar refractivity (Wildman–Crippen MR) is 79.1 cm³/mol. The standard InChI is InChI=1S/C14H16N2O3S/c1-2-15-8-11-3-4-14(13(7-11)16(17)18)19-9-12-5-6-20-10-12/h3-7,10,15H,2,8-9H2,1H3. The fourth-order valence-corrected chi connectivity index (χ4v) is 2.40. The van der Waals surface area contributed by atoms with E-state index >= 15 is 0 Å². The largest absolute Gasteiger partial charge is 0.482 e. The van der Waals surface area contributed by atoms with Crippen LogP contribution in [0.3, 0.4) is 0 Å². The summed E-state index contributed by atoms with van der Waals surface area (Å²) >= 11 is 1.57. The molecular formula is C14H16N2O3S. The number of hydrogen-bond acceptors (Lipinski definition) is 5. The number of nitro benzene ring substituents is 1. The highest BCUT2D eigenvalue weighted by Gasteiger charge is 2.16. The van der Waals surface area contributed by atoms with E-state index in [1.54, 1.807) is 23.5 Å². The Hall–Kier alpha value is -1.92. The molecule has 5 nitrogen and oxygen atoms in total. The van der Waals surface area contributed by atoms with Gasteiger partial charge < -0.3 is 10.1 Å². The molecule has 1 heterocycles. The minimum absolute atomic E-state index is 0.00985. The van der Waals surface area contributed by atoms with E-state index in [1.165, 1.54) is 0 Å². The molecule has 0 bridgehead atoms. The second-order valence-corrected chi connectivity index (χ2v) is 5.04.